The fraction of sp³-hybridized carbons (Fsp3) is 0.923. The fourth-order valence-corrected chi connectivity index (χ4v) is 2.55. The smallest absolute Gasteiger partial charge is 0.242 e. The van der Waals surface area contributed by atoms with E-state index in [4.69, 9.17) is 0 Å². The molecule has 1 rings (SSSR count). The van der Waals surface area contributed by atoms with Crippen LogP contribution in [0, 0.1) is 0 Å². The molecule has 1 aliphatic heterocycles. The number of likely N-dealkylation sites (N-methyl/N-ethyl adjacent to an activating group) is 1. The van der Waals surface area contributed by atoms with Crippen molar-refractivity contribution in [3.63, 3.8) is 0 Å². The van der Waals surface area contributed by atoms with Crippen LogP contribution in [0.5, 0.6) is 0 Å². The molecule has 0 spiro atoms. The van der Waals surface area contributed by atoms with Crippen LogP contribution in [0.25, 0.3) is 0 Å². The first-order valence-electron chi connectivity index (χ1n) is 6.59. The fourth-order valence-electron chi connectivity index (χ4n) is 2.55. The van der Waals surface area contributed by atoms with Gasteiger partial charge in [-0.15, -0.1) is 0 Å². The molecule has 94 valence electrons. The minimum atomic E-state index is -0.257. The Bertz CT molecular complexity index is 234. The van der Waals surface area contributed by atoms with Gasteiger partial charge in [-0.05, 0) is 39.2 Å². The average Bonchev–Trinajstić information content (AvgIpc) is 2.76. The molecular formula is C13H26N2O. The zero-order valence-corrected chi connectivity index (χ0v) is 11.2. The minimum absolute atomic E-state index is 0.257. The SMILES string of the molecule is CCCC1(C(=O)N(C)C(C)CC)CCCN1. The first-order chi connectivity index (χ1) is 7.57. The van der Waals surface area contributed by atoms with Gasteiger partial charge in [-0.3, -0.25) is 4.79 Å². The van der Waals surface area contributed by atoms with Crippen LogP contribution in [0.1, 0.15) is 52.9 Å². The topological polar surface area (TPSA) is 32.3 Å². The highest BCUT2D eigenvalue weighted by molar-refractivity contribution is 5.86. The molecule has 1 fully saturated rings. The molecule has 1 saturated heterocycles. The Balaban J connectivity index is 2.75. The third-order valence-electron chi connectivity index (χ3n) is 3.90. The molecule has 0 bridgehead atoms. The molecule has 16 heavy (non-hydrogen) atoms. The number of rotatable bonds is 5. The van der Waals surface area contributed by atoms with Gasteiger partial charge >= 0.3 is 0 Å². The Morgan fingerprint density at radius 3 is 2.62 bits per heavy atom. The number of nitrogens with zero attached hydrogens (tertiary/aromatic N) is 1. The highest BCUT2D eigenvalue weighted by Crippen LogP contribution is 2.27. The third kappa shape index (κ3) is 2.57. The van der Waals surface area contributed by atoms with Crippen molar-refractivity contribution in [2.45, 2.75) is 64.5 Å². The van der Waals surface area contributed by atoms with E-state index in [-0.39, 0.29) is 5.54 Å². The number of nitrogens with one attached hydrogen (secondary N) is 1. The molecule has 0 aromatic heterocycles. The van der Waals surface area contributed by atoms with E-state index in [0.717, 1.165) is 38.6 Å². The number of carbonyl (C=O) groups excluding carboxylic acids is 1. The highest BCUT2D eigenvalue weighted by atomic mass is 16.2. The van der Waals surface area contributed by atoms with Crippen molar-refractivity contribution in [1.82, 2.24) is 10.2 Å². The highest BCUT2D eigenvalue weighted by Gasteiger charge is 2.42. The van der Waals surface area contributed by atoms with Crippen molar-refractivity contribution in [2.75, 3.05) is 13.6 Å². The van der Waals surface area contributed by atoms with Crippen LogP contribution in [0.4, 0.5) is 0 Å². The lowest BCUT2D eigenvalue weighted by atomic mass is 9.90. The average molecular weight is 226 g/mol. The molecule has 3 heteroatoms. The molecule has 2 unspecified atom stereocenters. The van der Waals surface area contributed by atoms with Crippen LogP contribution in [-0.2, 0) is 4.79 Å². The summed E-state index contributed by atoms with van der Waals surface area (Å²) in [5, 5.41) is 3.44. The van der Waals surface area contributed by atoms with Gasteiger partial charge in [0.25, 0.3) is 0 Å². The van der Waals surface area contributed by atoms with E-state index in [1.165, 1.54) is 0 Å². The zero-order chi connectivity index (χ0) is 12.2. The lowest BCUT2D eigenvalue weighted by Gasteiger charge is -2.35. The van der Waals surface area contributed by atoms with Gasteiger partial charge in [0.15, 0.2) is 0 Å². The molecule has 0 radical (unpaired) electrons. The van der Waals surface area contributed by atoms with E-state index in [9.17, 15) is 4.79 Å². The molecule has 0 aromatic rings. The van der Waals surface area contributed by atoms with E-state index >= 15 is 0 Å². The van der Waals surface area contributed by atoms with E-state index in [0.29, 0.717) is 11.9 Å². The van der Waals surface area contributed by atoms with Crippen LogP contribution in [-0.4, -0.2) is 36.0 Å². The van der Waals surface area contributed by atoms with Gasteiger partial charge in [-0.1, -0.05) is 20.3 Å². The normalized spacial score (nSPS) is 26.8. The molecule has 1 heterocycles. The lowest BCUT2D eigenvalue weighted by Crippen LogP contribution is -2.55. The van der Waals surface area contributed by atoms with Crippen LogP contribution in [0.2, 0.25) is 0 Å². The molecule has 0 saturated carbocycles. The summed E-state index contributed by atoms with van der Waals surface area (Å²) in [6.07, 6.45) is 5.17. The molecule has 1 N–H and O–H groups in total. The monoisotopic (exact) mass is 226 g/mol. The number of hydrogen-bond acceptors (Lipinski definition) is 2. The van der Waals surface area contributed by atoms with Crippen molar-refractivity contribution in [1.29, 1.82) is 0 Å². The Hall–Kier alpha value is -0.570. The van der Waals surface area contributed by atoms with Gasteiger partial charge < -0.3 is 10.2 Å². The Morgan fingerprint density at radius 2 is 2.19 bits per heavy atom. The summed E-state index contributed by atoms with van der Waals surface area (Å²) >= 11 is 0. The van der Waals surface area contributed by atoms with Crippen molar-refractivity contribution in [3.8, 4) is 0 Å². The van der Waals surface area contributed by atoms with Gasteiger partial charge in [0.05, 0.1) is 5.54 Å². The lowest BCUT2D eigenvalue weighted by molar-refractivity contribution is -0.138. The second kappa shape index (κ2) is 5.67. The Morgan fingerprint density at radius 1 is 1.50 bits per heavy atom. The summed E-state index contributed by atoms with van der Waals surface area (Å²) in [7, 11) is 1.94. The molecule has 0 aliphatic carbocycles. The van der Waals surface area contributed by atoms with Gasteiger partial charge in [0.1, 0.15) is 0 Å². The number of amides is 1. The predicted octanol–water partition coefficient (Wildman–Crippen LogP) is 2.17. The quantitative estimate of drug-likeness (QED) is 0.779. The number of hydrogen-bond donors (Lipinski definition) is 1. The molecule has 2 atom stereocenters. The summed E-state index contributed by atoms with van der Waals surface area (Å²) in [6, 6.07) is 0.337. The zero-order valence-electron chi connectivity index (χ0n) is 11.2. The largest absolute Gasteiger partial charge is 0.341 e. The maximum atomic E-state index is 12.5. The van der Waals surface area contributed by atoms with Gasteiger partial charge in [0, 0.05) is 13.1 Å². The number of carbonyl (C=O) groups is 1. The third-order valence-corrected chi connectivity index (χ3v) is 3.90. The first kappa shape index (κ1) is 13.5. The minimum Gasteiger partial charge on any atom is -0.341 e. The summed E-state index contributed by atoms with van der Waals surface area (Å²) in [5.41, 5.74) is -0.257. The first-order valence-corrected chi connectivity index (χ1v) is 6.59. The van der Waals surface area contributed by atoms with Crippen LogP contribution in [0.3, 0.4) is 0 Å². The Labute approximate surface area is 99.6 Å². The van der Waals surface area contributed by atoms with Crippen LogP contribution >= 0.6 is 0 Å². The second-order valence-electron chi connectivity index (χ2n) is 5.04. The molecule has 1 aliphatic rings. The summed E-state index contributed by atoms with van der Waals surface area (Å²) in [6.45, 7) is 7.38. The predicted molar refractivity (Wildman–Crippen MR) is 67.4 cm³/mol. The van der Waals surface area contributed by atoms with Crippen molar-refractivity contribution >= 4 is 5.91 Å². The molecular weight excluding hydrogens is 200 g/mol. The molecule has 3 nitrogen and oxygen atoms in total. The van der Waals surface area contributed by atoms with Crippen molar-refractivity contribution in [2.24, 2.45) is 0 Å². The van der Waals surface area contributed by atoms with Gasteiger partial charge in [-0.2, -0.15) is 0 Å². The molecule has 0 aromatic carbocycles. The summed E-state index contributed by atoms with van der Waals surface area (Å²) < 4.78 is 0. The van der Waals surface area contributed by atoms with Gasteiger partial charge in [0.2, 0.25) is 5.91 Å². The van der Waals surface area contributed by atoms with E-state index in [1.807, 2.05) is 11.9 Å². The molecule has 1 amide bonds. The second-order valence-corrected chi connectivity index (χ2v) is 5.04. The van der Waals surface area contributed by atoms with Crippen LogP contribution in [0.15, 0.2) is 0 Å². The summed E-state index contributed by atoms with van der Waals surface area (Å²) in [4.78, 5) is 14.4. The van der Waals surface area contributed by atoms with Gasteiger partial charge in [-0.25, -0.2) is 0 Å². The van der Waals surface area contributed by atoms with E-state index in [2.05, 4.69) is 26.1 Å². The van der Waals surface area contributed by atoms with E-state index < -0.39 is 0 Å². The maximum absolute atomic E-state index is 12.5. The van der Waals surface area contributed by atoms with Crippen molar-refractivity contribution in [3.05, 3.63) is 0 Å². The van der Waals surface area contributed by atoms with Crippen molar-refractivity contribution < 1.29 is 4.79 Å². The van der Waals surface area contributed by atoms with Crippen LogP contribution < -0.4 is 5.32 Å². The van der Waals surface area contributed by atoms with E-state index in [1.54, 1.807) is 0 Å². The Kier molecular flexibility index (Phi) is 4.78. The summed E-state index contributed by atoms with van der Waals surface area (Å²) in [5.74, 6) is 0.293. The standard InChI is InChI=1S/C13H26N2O/c1-5-8-13(9-7-10-14-13)12(16)15(4)11(3)6-2/h11,14H,5-10H2,1-4H3. The maximum Gasteiger partial charge on any atom is 0.242 e.